The van der Waals surface area contributed by atoms with Crippen LogP contribution < -0.4 is 4.57 Å². The fourth-order valence-corrected chi connectivity index (χ4v) is 3.09. The molecule has 27 heavy (non-hydrogen) atoms. The fourth-order valence-electron chi connectivity index (χ4n) is 2.96. The molecule has 0 saturated carbocycles. The number of nitrogens with zero attached hydrogens (tertiary/aromatic N) is 1. The summed E-state index contributed by atoms with van der Waals surface area (Å²) in [5.74, 6) is 0.117. The molecule has 0 spiro atoms. The molecule has 0 aliphatic rings. The largest absolute Gasteiger partial charge is 0.287 e. The van der Waals surface area contributed by atoms with Crippen LogP contribution in [-0.4, -0.2) is 5.78 Å². The van der Waals surface area contributed by atoms with Crippen LogP contribution in [0, 0.1) is 0 Å². The van der Waals surface area contributed by atoms with Crippen LogP contribution in [0.2, 0.25) is 5.02 Å². The molecule has 138 valence electrons. The fraction of sp³-hybridized carbons (Fsp3) is 0.250. The summed E-state index contributed by atoms with van der Waals surface area (Å²) in [6.07, 6.45) is 4.78. The molecule has 0 unspecified atom stereocenters. The maximum Gasteiger partial charge on any atom is 0.227 e. The number of hydrogen-bond donors (Lipinski definition) is 0. The molecule has 0 aliphatic carbocycles. The minimum atomic E-state index is 0.0935. The molecule has 2 nitrogen and oxygen atoms in total. The van der Waals surface area contributed by atoms with Gasteiger partial charge >= 0.3 is 0 Å². The Kier molecular flexibility index (Phi) is 5.76. The van der Waals surface area contributed by atoms with Crippen molar-refractivity contribution in [2.75, 3.05) is 0 Å². The highest BCUT2D eigenvalue weighted by molar-refractivity contribution is 6.30. The number of carbonyl (C=O) groups excluding carboxylic acids is 1. The van der Waals surface area contributed by atoms with Crippen molar-refractivity contribution in [2.45, 2.75) is 39.2 Å². The highest BCUT2D eigenvalue weighted by Gasteiger charge is 2.16. The summed E-state index contributed by atoms with van der Waals surface area (Å²) in [7, 11) is 0. The number of rotatable bonds is 5. The Bertz CT molecular complexity index is 905. The van der Waals surface area contributed by atoms with Crippen LogP contribution in [-0.2, 0) is 18.4 Å². The van der Waals surface area contributed by atoms with Gasteiger partial charge in [-0.3, -0.25) is 4.79 Å². The Morgan fingerprint density at radius 1 is 0.852 bits per heavy atom. The van der Waals surface area contributed by atoms with Gasteiger partial charge in [-0.05, 0) is 40.7 Å². The highest BCUT2D eigenvalue weighted by Crippen LogP contribution is 2.22. The standard InChI is InChI=1S/C24H25ClNO/c1-24(2,3)21-8-6-20(7-9-21)23(27)17-26-14-12-19(13-15-26)16-18-4-10-22(25)11-5-18/h4-15H,16-17H2,1-3H3/q+1. The summed E-state index contributed by atoms with van der Waals surface area (Å²) in [5, 5.41) is 0.749. The number of benzene rings is 2. The lowest BCUT2D eigenvalue weighted by atomic mass is 9.86. The Hall–Kier alpha value is -2.45. The minimum absolute atomic E-state index is 0.0935. The summed E-state index contributed by atoms with van der Waals surface area (Å²) in [6, 6.07) is 20.0. The minimum Gasteiger partial charge on any atom is -0.287 e. The van der Waals surface area contributed by atoms with Gasteiger partial charge in [-0.15, -0.1) is 0 Å². The van der Waals surface area contributed by atoms with Crippen molar-refractivity contribution in [3.05, 3.63) is 100 Å². The molecule has 0 amide bonds. The molecular formula is C24H25ClNO+. The van der Waals surface area contributed by atoms with Gasteiger partial charge in [-0.1, -0.05) is 68.8 Å². The summed E-state index contributed by atoms with van der Waals surface area (Å²) in [4.78, 5) is 12.5. The summed E-state index contributed by atoms with van der Waals surface area (Å²) in [6.45, 7) is 6.86. The maximum atomic E-state index is 12.5. The van der Waals surface area contributed by atoms with E-state index in [1.54, 1.807) is 0 Å². The van der Waals surface area contributed by atoms with Crippen LogP contribution in [0.25, 0.3) is 0 Å². The normalized spacial score (nSPS) is 11.4. The molecular weight excluding hydrogens is 354 g/mol. The van der Waals surface area contributed by atoms with E-state index in [-0.39, 0.29) is 11.2 Å². The third kappa shape index (κ3) is 5.27. The molecule has 1 aromatic heterocycles. The number of pyridine rings is 1. The average molecular weight is 379 g/mol. The monoisotopic (exact) mass is 378 g/mol. The zero-order chi connectivity index (χ0) is 19.4. The third-order valence-electron chi connectivity index (χ3n) is 4.68. The van der Waals surface area contributed by atoms with E-state index in [9.17, 15) is 4.79 Å². The Labute approximate surface area is 166 Å². The first kappa shape index (κ1) is 19.3. The molecule has 0 radical (unpaired) electrons. The van der Waals surface area contributed by atoms with Gasteiger partial charge in [0.05, 0.1) is 0 Å². The lowest BCUT2D eigenvalue weighted by Crippen LogP contribution is -2.37. The van der Waals surface area contributed by atoms with Gasteiger partial charge in [0.25, 0.3) is 0 Å². The molecule has 1 heterocycles. The predicted molar refractivity (Wildman–Crippen MR) is 110 cm³/mol. The van der Waals surface area contributed by atoms with Crippen molar-refractivity contribution in [1.82, 2.24) is 0 Å². The van der Waals surface area contributed by atoms with Gasteiger partial charge in [-0.2, -0.15) is 4.57 Å². The topological polar surface area (TPSA) is 20.9 Å². The smallest absolute Gasteiger partial charge is 0.227 e. The van der Waals surface area contributed by atoms with Crippen LogP contribution in [0.3, 0.4) is 0 Å². The van der Waals surface area contributed by atoms with Gasteiger partial charge in [0.15, 0.2) is 12.4 Å². The van der Waals surface area contributed by atoms with E-state index < -0.39 is 0 Å². The molecule has 0 N–H and O–H groups in total. The number of carbonyl (C=O) groups is 1. The number of hydrogen-bond acceptors (Lipinski definition) is 1. The summed E-state index contributed by atoms with van der Waals surface area (Å²) >= 11 is 5.93. The van der Waals surface area contributed by atoms with Crippen LogP contribution in [0.4, 0.5) is 0 Å². The van der Waals surface area contributed by atoms with E-state index >= 15 is 0 Å². The van der Waals surface area contributed by atoms with Gasteiger partial charge in [-0.25, -0.2) is 0 Å². The van der Waals surface area contributed by atoms with Crippen molar-refractivity contribution in [3.8, 4) is 0 Å². The zero-order valence-electron chi connectivity index (χ0n) is 16.1. The second kappa shape index (κ2) is 8.06. The van der Waals surface area contributed by atoms with Crippen LogP contribution in [0.15, 0.2) is 73.1 Å². The second-order valence-corrected chi connectivity index (χ2v) is 8.37. The van der Waals surface area contributed by atoms with Crippen molar-refractivity contribution < 1.29 is 9.36 Å². The quantitative estimate of drug-likeness (QED) is 0.430. The first-order valence-corrected chi connectivity index (χ1v) is 9.55. The van der Waals surface area contributed by atoms with Crippen LogP contribution >= 0.6 is 11.6 Å². The Morgan fingerprint density at radius 2 is 1.41 bits per heavy atom. The Morgan fingerprint density at radius 3 is 1.96 bits per heavy atom. The van der Waals surface area contributed by atoms with E-state index in [1.165, 1.54) is 16.7 Å². The van der Waals surface area contributed by atoms with E-state index in [4.69, 9.17) is 11.6 Å². The molecule has 3 aromatic rings. The van der Waals surface area contributed by atoms with Crippen molar-refractivity contribution in [3.63, 3.8) is 0 Å². The van der Waals surface area contributed by atoms with Crippen LogP contribution in [0.1, 0.15) is 47.8 Å². The molecule has 0 fully saturated rings. The van der Waals surface area contributed by atoms with Crippen molar-refractivity contribution in [1.29, 1.82) is 0 Å². The maximum absolute atomic E-state index is 12.5. The lowest BCUT2D eigenvalue weighted by molar-refractivity contribution is -0.683. The average Bonchev–Trinajstić information content (AvgIpc) is 2.64. The van der Waals surface area contributed by atoms with Crippen molar-refractivity contribution >= 4 is 17.4 Å². The van der Waals surface area contributed by atoms with E-state index in [1.807, 2.05) is 65.5 Å². The van der Waals surface area contributed by atoms with E-state index in [2.05, 4.69) is 32.9 Å². The predicted octanol–water partition coefficient (Wildman–Crippen LogP) is 5.40. The molecule has 3 heteroatoms. The molecule has 2 aromatic carbocycles. The van der Waals surface area contributed by atoms with Crippen LogP contribution in [0.5, 0.6) is 0 Å². The number of halogens is 1. The molecule has 0 bridgehead atoms. The van der Waals surface area contributed by atoms with E-state index in [0.717, 1.165) is 17.0 Å². The lowest BCUT2D eigenvalue weighted by Gasteiger charge is -2.18. The van der Waals surface area contributed by atoms with E-state index in [0.29, 0.717) is 6.54 Å². The third-order valence-corrected chi connectivity index (χ3v) is 4.93. The summed E-state index contributed by atoms with van der Waals surface area (Å²) < 4.78 is 1.92. The number of aromatic nitrogens is 1. The second-order valence-electron chi connectivity index (χ2n) is 7.93. The van der Waals surface area contributed by atoms with Gasteiger partial charge in [0.1, 0.15) is 0 Å². The number of ketones is 1. The Balaban J connectivity index is 1.63. The summed E-state index contributed by atoms with van der Waals surface area (Å²) in [5.41, 5.74) is 4.50. The molecule has 0 saturated heterocycles. The first-order chi connectivity index (χ1) is 12.8. The first-order valence-electron chi connectivity index (χ1n) is 9.17. The van der Waals surface area contributed by atoms with Crippen molar-refractivity contribution in [2.24, 2.45) is 0 Å². The van der Waals surface area contributed by atoms with Gasteiger partial charge in [0, 0.05) is 22.7 Å². The highest BCUT2D eigenvalue weighted by atomic mass is 35.5. The van der Waals surface area contributed by atoms with Gasteiger partial charge < -0.3 is 0 Å². The molecule has 0 atom stereocenters. The molecule has 0 aliphatic heterocycles. The molecule has 3 rings (SSSR count). The SMILES string of the molecule is CC(C)(C)c1ccc(C(=O)C[n+]2ccc(Cc3ccc(Cl)cc3)cc2)cc1. The van der Waals surface area contributed by atoms with Gasteiger partial charge in [0.2, 0.25) is 12.3 Å². The zero-order valence-corrected chi connectivity index (χ0v) is 16.8. The number of Topliss-reactive ketones (excluding diaryl/α,β-unsaturated/α-hetero) is 1.